The van der Waals surface area contributed by atoms with E-state index in [4.69, 9.17) is 5.73 Å². The molecule has 0 aliphatic carbocycles. The van der Waals surface area contributed by atoms with Crippen molar-refractivity contribution < 1.29 is 13.2 Å². The first-order chi connectivity index (χ1) is 7.21. The van der Waals surface area contributed by atoms with Gasteiger partial charge in [0.15, 0.2) is 0 Å². The Bertz CT molecular complexity index is 197. The van der Waals surface area contributed by atoms with E-state index in [1.165, 1.54) is 18.9 Å². The predicted molar refractivity (Wildman–Crippen MR) is 63.7 cm³/mol. The number of likely N-dealkylation sites (N-methyl/N-ethyl adjacent to an activating group) is 1. The minimum atomic E-state index is -4.27. The Balaban J connectivity index is 4.55. The molecule has 98 valence electrons. The molecule has 0 aromatic carbocycles. The zero-order chi connectivity index (χ0) is 12.9. The van der Waals surface area contributed by atoms with E-state index in [1.807, 2.05) is 6.26 Å². The Morgan fingerprint density at radius 3 is 2.12 bits per heavy atom. The zero-order valence-electron chi connectivity index (χ0n) is 10.2. The van der Waals surface area contributed by atoms with Gasteiger partial charge in [-0.25, -0.2) is 0 Å². The monoisotopic (exact) mass is 258 g/mol. The van der Waals surface area contributed by atoms with Crippen molar-refractivity contribution >= 4 is 11.8 Å². The minimum absolute atomic E-state index is 0.120. The van der Waals surface area contributed by atoms with Crippen LogP contribution in [0, 0.1) is 0 Å². The molecule has 0 radical (unpaired) electrons. The highest BCUT2D eigenvalue weighted by atomic mass is 32.2. The van der Waals surface area contributed by atoms with E-state index in [9.17, 15) is 13.2 Å². The van der Waals surface area contributed by atoms with Crippen molar-refractivity contribution in [3.8, 4) is 0 Å². The zero-order valence-corrected chi connectivity index (χ0v) is 11.0. The van der Waals surface area contributed by atoms with Gasteiger partial charge in [0.25, 0.3) is 0 Å². The van der Waals surface area contributed by atoms with Gasteiger partial charge in [-0.3, -0.25) is 4.90 Å². The second kappa shape index (κ2) is 6.71. The summed E-state index contributed by atoms with van der Waals surface area (Å²) in [6.07, 6.45) is -1.59. The largest absolute Gasteiger partial charge is 0.405 e. The topological polar surface area (TPSA) is 29.3 Å². The first kappa shape index (κ1) is 16.1. The molecule has 16 heavy (non-hydrogen) atoms. The van der Waals surface area contributed by atoms with Crippen LogP contribution < -0.4 is 5.73 Å². The van der Waals surface area contributed by atoms with Crippen LogP contribution >= 0.6 is 11.8 Å². The van der Waals surface area contributed by atoms with E-state index in [0.29, 0.717) is 0 Å². The molecule has 0 aromatic rings. The van der Waals surface area contributed by atoms with Crippen LogP contribution in [0.5, 0.6) is 0 Å². The van der Waals surface area contributed by atoms with Crippen LogP contribution in [0.4, 0.5) is 13.2 Å². The van der Waals surface area contributed by atoms with Crippen molar-refractivity contribution in [2.75, 3.05) is 19.1 Å². The highest BCUT2D eigenvalue weighted by molar-refractivity contribution is 7.98. The van der Waals surface area contributed by atoms with Crippen LogP contribution in [0.25, 0.3) is 0 Å². The van der Waals surface area contributed by atoms with Crippen LogP contribution in [-0.2, 0) is 0 Å². The number of nitrogens with two attached hydrogens (primary N) is 1. The van der Waals surface area contributed by atoms with E-state index in [1.54, 1.807) is 18.7 Å². The molecule has 0 fully saturated rings. The smallest absolute Gasteiger partial charge is 0.326 e. The van der Waals surface area contributed by atoms with Crippen LogP contribution in [0.2, 0.25) is 0 Å². The molecule has 0 aromatic heterocycles. The summed E-state index contributed by atoms with van der Waals surface area (Å²) in [5, 5.41) is 0. The Labute approximate surface area is 99.7 Å². The second-order valence-electron chi connectivity index (χ2n) is 4.14. The normalized spacial score (nSPS) is 18.6. The molecule has 6 heteroatoms. The van der Waals surface area contributed by atoms with Crippen LogP contribution in [0.15, 0.2) is 0 Å². The first-order valence-corrected chi connectivity index (χ1v) is 6.64. The molecule has 0 aliphatic heterocycles. The van der Waals surface area contributed by atoms with Crippen molar-refractivity contribution in [3.05, 3.63) is 0 Å². The maximum atomic E-state index is 12.8. The molecule has 2 nitrogen and oxygen atoms in total. The molecule has 3 atom stereocenters. The minimum Gasteiger partial charge on any atom is -0.326 e. The van der Waals surface area contributed by atoms with E-state index >= 15 is 0 Å². The Kier molecular flexibility index (Phi) is 6.74. The number of hydrogen-bond acceptors (Lipinski definition) is 3. The fraction of sp³-hybridized carbons (Fsp3) is 1.00. The van der Waals surface area contributed by atoms with Gasteiger partial charge in [-0.05, 0) is 39.3 Å². The summed E-state index contributed by atoms with van der Waals surface area (Å²) in [6, 6.07) is -2.60. The van der Waals surface area contributed by atoms with Gasteiger partial charge in [0, 0.05) is 12.1 Å². The van der Waals surface area contributed by atoms with Crippen molar-refractivity contribution in [1.82, 2.24) is 4.90 Å². The molecule has 0 bridgehead atoms. The number of alkyl halides is 3. The molecule has 0 saturated carbocycles. The number of thioether (sulfide) groups is 1. The number of hydrogen-bond donors (Lipinski definition) is 1. The highest BCUT2D eigenvalue weighted by Crippen LogP contribution is 2.27. The lowest BCUT2D eigenvalue weighted by molar-refractivity contribution is -0.189. The molecule has 0 spiro atoms. The lowest BCUT2D eigenvalue weighted by atomic mass is 10.1. The number of nitrogens with zero attached hydrogens (tertiary/aromatic N) is 1. The van der Waals surface area contributed by atoms with Crippen LogP contribution in [0.1, 0.15) is 20.3 Å². The predicted octanol–water partition coefficient (Wildman–Crippen LogP) is 2.34. The average Bonchev–Trinajstić information content (AvgIpc) is 2.10. The van der Waals surface area contributed by atoms with Gasteiger partial charge in [-0.1, -0.05) is 0 Å². The second-order valence-corrected chi connectivity index (χ2v) is 5.13. The van der Waals surface area contributed by atoms with Gasteiger partial charge in [-0.2, -0.15) is 24.9 Å². The van der Waals surface area contributed by atoms with Crippen LogP contribution in [-0.4, -0.2) is 48.3 Å². The summed E-state index contributed by atoms with van der Waals surface area (Å²) < 4.78 is 38.3. The molecule has 0 aliphatic rings. The summed E-state index contributed by atoms with van der Waals surface area (Å²) in [4.78, 5) is 1.33. The number of rotatable bonds is 6. The van der Waals surface area contributed by atoms with Crippen molar-refractivity contribution in [3.63, 3.8) is 0 Å². The van der Waals surface area contributed by atoms with Gasteiger partial charge >= 0.3 is 6.18 Å². The lowest BCUT2D eigenvalue weighted by Gasteiger charge is -2.36. The molecule has 2 N–H and O–H groups in total. The summed E-state index contributed by atoms with van der Waals surface area (Å²) in [5.74, 6) is 0.856. The van der Waals surface area contributed by atoms with Gasteiger partial charge in [-0.15, -0.1) is 0 Å². The van der Waals surface area contributed by atoms with Gasteiger partial charge in [0.1, 0.15) is 6.04 Å². The van der Waals surface area contributed by atoms with Crippen molar-refractivity contribution in [1.29, 1.82) is 0 Å². The van der Waals surface area contributed by atoms with Gasteiger partial charge in [0.2, 0.25) is 0 Å². The number of halogens is 3. The maximum absolute atomic E-state index is 12.8. The molecular weight excluding hydrogens is 237 g/mol. The summed E-state index contributed by atoms with van der Waals surface area (Å²) in [5.41, 5.74) is 5.42. The molecular formula is C10H21F3N2S. The van der Waals surface area contributed by atoms with E-state index in [2.05, 4.69) is 0 Å². The van der Waals surface area contributed by atoms with Crippen molar-refractivity contribution in [2.45, 2.75) is 44.6 Å². The fourth-order valence-electron chi connectivity index (χ4n) is 1.67. The third-order valence-corrected chi connectivity index (χ3v) is 3.35. The van der Waals surface area contributed by atoms with E-state index in [0.717, 1.165) is 12.2 Å². The molecule has 0 heterocycles. The quantitative estimate of drug-likeness (QED) is 0.793. The SMILES string of the molecule is CSCCC(C)N(C)C(C(C)N)C(F)(F)F. The van der Waals surface area contributed by atoms with E-state index in [-0.39, 0.29) is 6.04 Å². The summed E-state index contributed by atoms with van der Waals surface area (Å²) in [6.45, 7) is 3.20. The Morgan fingerprint density at radius 2 is 1.81 bits per heavy atom. The lowest BCUT2D eigenvalue weighted by Crippen LogP contribution is -2.56. The average molecular weight is 258 g/mol. The third kappa shape index (κ3) is 4.93. The summed E-state index contributed by atoms with van der Waals surface area (Å²) >= 11 is 1.64. The molecule has 0 rings (SSSR count). The Morgan fingerprint density at radius 1 is 1.31 bits per heavy atom. The maximum Gasteiger partial charge on any atom is 0.405 e. The molecule has 0 amide bonds. The molecule has 0 saturated heterocycles. The van der Waals surface area contributed by atoms with E-state index < -0.39 is 18.3 Å². The highest BCUT2D eigenvalue weighted by Gasteiger charge is 2.45. The Hall–Kier alpha value is 0.0600. The standard InChI is InChI=1S/C10H21F3N2S/c1-7(5-6-16-4)15(3)9(8(2)14)10(11,12)13/h7-9H,5-6,14H2,1-4H3. The molecule has 3 unspecified atom stereocenters. The first-order valence-electron chi connectivity index (χ1n) is 5.25. The van der Waals surface area contributed by atoms with Gasteiger partial charge < -0.3 is 5.73 Å². The van der Waals surface area contributed by atoms with Crippen LogP contribution in [0.3, 0.4) is 0 Å². The third-order valence-electron chi connectivity index (χ3n) is 2.71. The van der Waals surface area contributed by atoms with Crippen molar-refractivity contribution in [2.24, 2.45) is 5.73 Å². The van der Waals surface area contributed by atoms with Gasteiger partial charge in [0.05, 0.1) is 0 Å². The summed E-state index contributed by atoms with van der Waals surface area (Å²) in [7, 11) is 1.49. The fourth-order valence-corrected chi connectivity index (χ4v) is 2.24.